The van der Waals surface area contributed by atoms with E-state index in [-0.39, 0.29) is 5.97 Å². The maximum absolute atomic E-state index is 11.6. The Morgan fingerprint density at radius 1 is 1.40 bits per heavy atom. The van der Waals surface area contributed by atoms with E-state index in [1.807, 2.05) is 19.1 Å². The predicted molar refractivity (Wildman–Crippen MR) is 81.5 cm³/mol. The molecule has 0 atom stereocenters. The van der Waals surface area contributed by atoms with E-state index < -0.39 is 0 Å². The highest BCUT2D eigenvalue weighted by Crippen LogP contribution is 2.19. The summed E-state index contributed by atoms with van der Waals surface area (Å²) in [5.41, 5.74) is 1.48. The molecule has 0 aliphatic carbocycles. The van der Waals surface area contributed by atoms with Gasteiger partial charge < -0.3 is 10.1 Å². The minimum absolute atomic E-state index is 0.287. The molecule has 2 aromatic rings. The summed E-state index contributed by atoms with van der Waals surface area (Å²) in [4.78, 5) is 15.8. The molecule has 1 heterocycles. The number of anilines is 1. The van der Waals surface area contributed by atoms with Crippen molar-refractivity contribution >= 4 is 34.6 Å². The van der Waals surface area contributed by atoms with Gasteiger partial charge in [0.15, 0.2) is 0 Å². The first kappa shape index (κ1) is 14.8. The number of ether oxygens (including phenoxy) is 1. The predicted octanol–water partition coefficient (Wildman–Crippen LogP) is 3.98. The van der Waals surface area contributed by atoms with Gasteiger partial charge in [-0.15, -0.1) is 11.3 Å². The number of aromatic nitrogens is 1. The van der Waals surface area contributed by atoms with Crippen molar-refractivity contribution in [2.24, 2.45) is 0 Å². The second-order valence-corrected chi connectivity index (χ2v) is 5.87. The molecule has 0 aliphatic rings. The van der Waals surface area contributed by atoms with Gasteiger partial charge in [0.1, 0.15) is 9.34 Å². The first-order chi connectivity index (χ1) is 9.69. The fourth-order valence-electron chi connectivity index (χ4n) is 1.55. The van der Waals surface area contributed by atoms with Gasteiger partial charge in [-0.3, -0.25) is 0 Å². The zero-order chi connectivity index (χ0) is 14.4. The minimum atomic E-state index is -0.287. The van der Waals surface area contributed by atoms with Gasteiger partial charge in [0.2, 0.25) is 0 Å². The molecule has 0 bridgehead atoms. The van der Waals surface area contributed by atoms with Crippen molar-refractivity contribution in [1.29, 1.82) is 0 Å². The van der Waals surface area contributed by atoms with Crippen molar-refractivity contribution in [2.75, 3.05) is 11.9 Å². The molecule has 0 aliphatic heterocycles. The first-order valence-corrected chi connectivity index (χ1v) is 7.49. The highest BCUT2D eigenvalue weighted by atomic mass is 35.5. The van der Waals surface area contributed by atoms with Crippen LogP contribution in [0, 0.1) is 0 Å². The number of nitrogens with zero attached hydrogens (tertiary/aromatic N) is 1. The van der Waals surface area contributed by atoms with E-state index in [1.54, 1.807) is 18.3 Å². The first-order valence-electron chi connectivity index (χ1n) is 6.30. The van der Waals surface area contributed by atoms with Gasteiger partial charge in [0.25, 0.3) is 0 Å². The number of hydrogen-bond acceptors (Lipinski definition) is 5. The smallest absolute Gasteiger partial charge is 0.338 e. The summed E-state index contributed by atoms with van der Waals surface area (Å²) in [6, 6.07) is 7.18. The van der Waals surface area contributed by atoms with Crippen LogP contribution < -0.4 is 5.32 Å². The molecule has 1 aromatic heterocycles. The molecule has 4 nitrogen and oxygen atoms in total. The number of thiazole rings is 1. The van der Waals surface area contributed by atoms with Crippen molar-refractivity contribution in [2.45, 2.75) is 19.9 Å². The average molecular weight is 311 g/mol. The second-order valence-electron chi connectivity index (χ2n) is 4.12. The second kappa shape index (κ2) is 7.26. The molecule has 0 amide bonds. The number of halogens is 1. The molecule has 106 valence electrons. The number of carbonyl (C=O) groups is 1. The van der Waals surface area contributed by atoms with E-state index in [4.69, 9.17) is 16.3 Å². The lowest BCUT2D eigenvalue weighted by molar-refractivity contribution is 0.0505. The summed E-state index contributed by atoms with van der Waals surface area (Å²) in [5.74, 6) is -0.287. The third-order valence-electron chi connectivity index (χ3n) is 2.53. The maximum atomic E-state index is 11.6. The SMILES string of the molecule is CCCOC(=O)c1ccc(NCc2ncc(Cl)s2)cc1. The molecule has 0 unspecified atom stereocenters. The summed E-state index contributed by atoms with van der Waals surface area (Å²) < 4.78 is 5.74. The summed E-state index contributed by atoms with van der Waals surface area (Å²) in [5, 5.41) is 4.14. The molecule has 0 fully saturated rings. The monoisotopic (exact) mass is 310 g/mol. The van der Waals surface area contributed by atoms with Crippen molar-refractivity contribution < 1.29 is 9.53 Å². The molecule has 0 radical (unpaired) electrons. The van der Waals surface area contributed by atoms with Crippen LogP contribution in [0.2, 0.25) is 4.34 Å². The van der Waals surface area contributed by atoms with E-state index >= 15 is 0 Å². The summed E-state index contributed by atoms with van der Waals surface area (Å²) >= 11 is 7.26. The number of nitrogens with one attached hydrogen (secondary N) is 1. The van der Waals surface area contributed by atoms with E-state index in [0.717, 1.165) is 17.1 Å². The third kappa shape index (κ3) is 4.21. The molecule has 6 heteroatoms. The van der Waals surface area contributed by atoms with Gasteiger partial charge >= 0.3 is 5.97 Å². The maximum Gasteiger partial charge on any atom is 0.338 e. The minimum Gasteiger partial charge on any atom is -0.462 e. The lowest BCUT2D eigenvalue weighted by atomic mass is 10.2. The fourth-order valence-corrected chi connectivity index (χ4v) is 2.45. The molecule has 1 N–H and O–H groups in total. The van der Waals surface area contributed by atoms with Crippen molar-refractivity contribution in [3.63, 3.8) is 0 Å². The standard InChI is InChI=1S/C14H15ClN2O2S/c1-2-7-19-14(18)10-3-5-11(6-4-10)16-9-13-17-8-12(15)20-13/h3-6,8,16H,2,7,9H2,1H3. The van der Waals surface area contributed by atoms with Crippen LogP contribution in [0.15, 0.2) is 30.5 Å². The lowest BCUT2D eigenvalue weighted by Gasteiger charge is -2.06. The van der Waals surface area contributed by atoms with Gasteiger partial charge in [-0.1, -0.05) is 18.5 Å². The van der Waals surface area contributed by atoms with E-state index in [1.165, 1.54) is 11.3 Å². The summed E-state index contributed by atoms with van der Waals surface area (Å²) in [6.45, 7) is 3.02. The van der Waals surface area contributed by atoms with Crippen LogP contribution in [-0.2, 0) is 11.3 Å². The largest absolute Gasteiger partial charge is 0.462 e. The number of esters is 1. The number of carbonyl (C=O) groups excluding carboxylic acids is 1. The van der Waals surface area contributed by atoms with Crippen molar-refractivity contribution in [3.05, 3.63) is 45.4 Å². The Balaban J connectivity index is 1.89. The molecular formula is C14H15ClN2O2S. The highest BCUT2D eigenvalue weighted by molar-refractivity contribution is 7.15. The quantitative estimate of drug-likeness (QED) is 0.820. The number of rotatable bonds is 6. The van der Waals surface area contributed by atoms with E-state index in [2.05, 4.69) is 10.3 Å². The normalized spacial score (nSPS) is 10.3. The molecule has 2 rings (SSSR count). The summed E-state index contributed by atoms with van der Waals surface area (Å²) in [7, 11) is 0. The Labute approximate surface area is 126 Å². The Hall–Kier alpha value is -1.59. The molecule has 0 saturated heterocycles. The third-order valence-corrected chi connectivity index (χ3v) is 3.64. The average Bonchev–Trinajstić information content (AvgIpc) is 2.89. The van der Waals surface area contributed by atoms with Gasteiger partial charge in [0, 0.05) is 5.69 Å². The molecule has 20 heavy (non-hydrogen) atoms. The summed E-state index contributed by atoms with van der Waals surface area (Å²) in [6.07, 6.45) is 2.46. The van der Waals surface area contributed by atoms with Crippen LogP contribution in [0.4, 0.5) is 5.69 Å². The van der Waals surface area contributed by atoms with Gasteiger partial charge in [-0.25, -0.2) is 9.78 Å². The Morgan fingerprint density at radius 3 is 2.75 bits per heavy atom. The van der Waals surface area contributed by atoms with Crippen molar-refractivity contribution in [3.8, 4) is 0 Å². The number of hydrogen-bond donors (Lipinski definition) is 1. The van der Waals surface area contributed by atoms with Crippen LogP contribution in [0.25, 0.3) is 0 Å². The van der Waals surface area contributed by atoms with Crippen LogP contribution in [0.5, 0.6) is 0 Å². The molecule has 0 spiro atoms. The van der Waals surface area contributed by atoms with E-state index in [9.17, 15) is 4.79 Å². The van der Waals surface area contributed by atoms with Crippen molar-refractivity contribution in [1.82, 2.24) is 4.98 Å². The zero-order valence-corrected chi connectivity index (χ0v) is 12.6. The number of benzene rings is 1. The van der Waals surface area contributed by atoms with Gasteiger partial charge in [-0.2, -0.15) is 0 Å². The van der Waals surface area contributed by atoms with Gasteiger partial charge in [0.05, 0.1) is 24.9 Å². The van der Waals surface area contributed by atoms with Gasteiger partial charge in [-0.05, 0) is 30.7 Å². The van der Waals surface area contributed by atoms with Crippen LogP contribution in [0.1, 0.15) is 28.7 Å². The molecule has 1 aromatic carbocycles. The fraction of sp³-hybridized carbons (Fsp3) is 0.286. The zero-order valence-electron chi connectivity index (χ0n) is 11.1. The lowest BCUT2D eigenvalue weighted by Crippen LogP contribution is -2.06. The van der Waals surface area contributed by atoms with Crippen LogP contribution in [-0.4, -0.2) is 17.6 Å². The topological polar surface area (TPSA) is 51.2 Å². The Morgan fingerprint density at radius 2 is 2.15 bits per heavy atom. The molecule has 0 saturated carbocycles. The Bertz CT molecular complexity index is 569. The Kier molecular flexibility index (Phi) is 5.38. The molecular weight excluding hydrogens is 296 g/mol. The highest BCUT2D eigenvalue weighted by Gasteiger charge is 2.06. The van der Waals surface area contributed by atoms with E-state index in [0.29, 0.717) is 23.1 Å². The van der Waals surface area contributed by atoms with Crippen LogP contribution in [0.3, 0.4) is 0 Å². The van der Waals surface area contributed by atoms with Crippen LogP contribution >= 0.6 is 22.9 Å².